The molecule has 0 aliphatic heterocycles. The number of halogens is 3. The molecule has 1 rings (SSSR count). The van der Waals surface area contributed by atoms with E-state index in [1.54, 1.807) is 12.1 Å². The van der Waals surface area contributed by atoms with Crippen molar-refractivity contribution in [2.24, 2.45) is 5.92 Å². The van der Waals surface area contributed by atoms with Crippen LogP contribution in [0.1, 0.15) is 44.2 Å². The molecular formula is C13H17F3. The van der Waals surface area contributed by atoms with Crippen LogP contribution in [0.25, 0.3) is 0 Å². The Morgan fingerprint density at radius 2 is 1.56 bits per heavy atom. The average molecular weight is 230 g/mol. The van der Waals surface area contributed by atoms with Crippen molar-refractivity contribution in [1.29, 1.82) is 0 Å². The first-order valence-electron chi connectivity index (χ1n) is 5.53. The van der Waals surface area contributed by atoms with E-state index in [4.69, 9.17) is 0 Å². The molecule has 1 unspecified atom stereocenters. The molecule has 1 aromatic carbocycles. The molecule has 0 aromatic heterocycles. The van der Waals surface area contributed by atoms with Crippen LogP contribution in [0.5, 0.6) is 0 Å². The summed E-state index contributed by atoms with van der Waals surface area (Å²) >= 11 is 0. The average Bonchev–Trinajstić information content (AvgIpc) is 2.17. The summed E-state index contributed by atoms with van der Waals surface area (Å²) in [6.07, 6.45) is -3.29. The van der Waals surface area contributed by atoms with Crippen LogP contribution in [0.2, 0.25) is 0 Å². The quantitative estimate of drug-likeness (QED) is 0.696. The van der Waals surface area contributed by atoms with Crippen molar-refractivity contribution in [3.8, 4) is 0 Å². The Hall–Kier alpha value is -0.990. The highest BCUT2D eigenvalue weighted by molar-refractivity contribution is 5.27. The van der Waals surface area contributed by atoms with Gasteiger partial charge in [0.1, 0.15) is 0 Å². The van der Waals surface area contributed by atoms with E-state index in [-0.39, 0.29) is 0 Å². The lowest BCUT2D eigenvalue weighted by Gasteiger charge is -2.20. The molecule has 1 atom stereocenters. The summed E-state index contributed by atoms with van der Waals surface area (Å²) in [6, 6.07) is 5.52. The Kier molecular flexibility index (Phi) is 4.00. The van der Waals surface area contributed by atoms with Crippen LogP contribution in [0.3, 0.4) is 0 Å². The third-order valence-electron chi connectivity index (χ3n) is 2.91. The first-order chi connectivity index (χ1) is 7.36. The van der Waals surface area contributed by atoms with Gasteiger partial charge in [0.15, 0.2) is 0 Å². The molecule has 0 N–H and O–H groups in total. The van der Waals surface area contributed by atoms with Crippen LogP contribution < -0.4 is 0 Å². The predicted octanol–water partition coefficient (Wildman–Crippen LogP) is 4.86. The third-order valence-corrected chi connectivity index (χ3v) is 2.91. The van der Waals surface area contributed by atoms with Gasteiger partial charge in [0, 0.05) is 0 Å². The standard InChI is InChI=1S/C13H17F3/c1-4-12(9(2)3)10-5-7-11(8-6-10)13(14,15)16/h5-9,12H,4H2,1-3H3. The van der Waals surface area contributed by atoms with Gasteiger partial charge in [0.2, 0.25) is 0 Å². The zero-order valence-electron chi connectivity index (χ0n) is 9.81. The van der Waals surface area contributed by atoms with E-state index in [9.17, 15) is 13.2 Å². The van der Waals surface area contributed by atoms with Gasteiger partial charge in [-0.3, -0.25) is 0 Å². The SMILES string of the molecule is CCC(c1ccc(C(F)(F)F)cc1)C(C)C. The van der Waals surface area contributed by atoms with Crippen LogP contribution in [0.15, 0.2) is 24.3 Å². The molecule has 0 fully saturated rings. The lowest BCUT2D eigenvalue weighted by atomic mass is 9.86. The zero-order valence-corrected chi connectivity index (χ0v) is 9.81. The molecule has 3 heteroatoms. The second-order valence-electron chi connectivity index (χ2n) is 4.38. The number of benzene rings is 1. The normalized spacial score (nSPS) is 14.2. The summed E-state index contributed by atoms with van der Waals surface area (Å²) in [7, 11) is 0. The topological polar surface area (TPSA) is 0 Å². The minimum atomic E-state index is -4.24. The maximum atomic E-state index is 12.4. The second kappa shape index (κ2) is 4.89. The van der Waals surface area contributed by atoms with Gasteiger partial charge in [-0.25, -0.2) is 0 Å². The fourth-order valence-electron chi connectivity index (χ4n) is 2.01. The molecule has 0 saturated carbocycles. The summed E-state index contributed by atoms with van der Waals surface area (Å²) in [4.78, 5) is 0. The molecule has 0 aliphatic rings. The van der Waals surface area contributed by atoms with Gasteiger partial charge in [-0.05, 0) is 36.0 Å². The van der Waals surface area contributed by atoms with E-state index in [0.29, 0.717) is 11.8 Å². The van der Waals surface area contributed by atoms with Gasteiger partial charge in [-0.2, -0.15) is 13.2 Å². The fraction of sp³-hybridized carbons (Fsp3) is 0.538. The Morgan fingerprint density at radius 1 is 1.06 bits per heavy atom. The Balaban J connectivity index is 2.94. The van der Waals surface area contributed by atoms with Gasteiger partial charge in [-0.1, -0.05) is 32.9 Å². The number of hydrogen-bond acceptors (Lipinski definition) is 0. The smallest absolute Gasteiger partial charge is 0.166 e. The Labute approximate surface area is 94.5 Å². The van der Waals surface area contributed by atoms with Gasteiger partial charge in [0.05, 0.1) is 5.56 Å². The molecule has 1 aromatic rings. The van der Waals surface area contributed by atoms with E-state index in [1.807, 2.05) is 0 Å². The van der Waals surface area contributed by atoms with Crippen LogP contribution in [0.4, 0.5) is 13.2 Å². The summed E-state index contributed by atoms with van der Waals surface area (Å²) < 4.78 is 37.1. The summed E-state index contributed by atoms with van der Waals surface area (Å²) in [5.41, 5.74) is 0.417. The largest absolute Gasteiger partial charge is 0.416 e. The maximum Gasteiger partial charge on any atom is 0.416 e. The number of hydrogen-bond donors (Lipinski definition) is 0. The molecule has 0 amide bonds. The van der Waals surface area contributed by atoms with E-state index in [0.717, 1.165) is 12.0 Å². The lowest BCUT2D eigenvalue weighted by Crippen LogP contribution is -2.08. The van der Waals surface area contributed by atoms with Crippen LogP contribution >= 0.6 is 0 Å². The highest BCUT2D eigenvalue weighted by Crippen LogP contribution is 2.32. The monoisotopic (exact) mass is 230 g/mol. The molecular weight excluding hydrogens is 213 g/mol. The summed E-state index contributed by atoms with van der Waals surface area (Å²) in [5, 5.41) is 0. The van der Waals surface area contributed by atoms with Crippen LogP contribution in [-0.4, -0.2) is 0 Å². The van der Waals surface area contributed by atoms with Gasteiger partial charge in [0.25, 0.3) is 0 Å². The maximum absolute atomic E-state index is 12.4. The lowest BCUT2D eigenvalue weighted by molar-refractivity contribution is -0.137. The molecule has 0 spiro atoms. The van der Waals surface area contributed by atoms with Gasteiger partial charge >= 0.3 is 6.18 Å². The second-order valence-corrected chi connectivity index (χ2v) is 4.38. The van der Waals surface area contributed by atoms with E-state index in [1.165, 1.54) is 12.1 Å². The fourth-order valence-corrected chi connectivity index (χ4v) is 2.01. The first kappa shape index (κ1) is 13.1. The molecule has 0 saturated heterocycles. The number of rotatable bonds is 3. The van der Waals surface area contributed by atoms with Crippen molar-refractivity contribution in [2.45, 2.75) is 39.3 Å². The molecule has 0 bridgehead atoms. The molecule has 90 valence electrons. The van der Waals surface area contributed by atoms with E-state index in [2.05, 4.69) is 20.8 Å². The Bertz CT molecular complexity index is 322. The van der Waals surface area contributed by atoms with E-state index >= 15 is 0 Å². The molecule has 0 radical (unpaired) electrons. The highest BCUT2D eigenvalue weighted by Gasteiger charge is 2.30. The summed E-state index contributed by atoms with van der Waals surface area (Å²) in [6.45, 7) is 6.24. The van der Waals surface area contributed by atoms with Crippen molar-refractivity contribution >= 4 is 0 Å². The van der Waals surface area contributed by atoms with Crippen molar-refractivity contribution in [3.05, 3.63) is 35.4 Å². The minimum Gasteiger partial charge on any atom is -0.166 e. The first-order valence-corrected chi connectivity index (χ1v) is 5.53. The molecule has 0 heterocycles. The van der Waals surface area contributed by atoms with Crippen molar-refractivity contribution in [3.63, 3.8) is 0 Å². The highest BCUT2D eigenvalue weighted by atomic mass is 19.4. The minimum absolute atomic E-state index is 0.335. The van der Waals surface area contributed by atoms with Gasteiger partial charge in [-0.15, -0.1) is 0 Å². The van der Waals surface area contributed by atoms with Crippen LogP contribution in [0, 0.1) is 5.92 Å². The third kappa shape index (κ3) is 3.00. The van der Waals surface area contributed by atoms with Crippen molar-refractivity contribution < 1.29 is 13.2 Å². The summed E-state index contributed by atoms with van der Waals surface area (Å²) in [5.74, 6) is 0.782. The van der Waals surface area contributed by atoms with Crippen LogP contribution in [-0.2, 0) is 6.18 Å². The van der Waals surface area contributed by atoms with E-state index < -0.39 is 11.7 Å². The molecule has 0 nitrogen and oxygen atoms in total. The number of alkyl halides is 3. The Morgan fingerprint density at radius 3 is 1.88 bits per heavy atom. The van der Waals surface area contributed by atoms with Gasteiger partial charge < -0.3 is 0 Å². The predicted molar refractivity (Wildman–Crippen MR) is 59.3 cm³/mol. The van der Waals surface area contributed by atoms with Crippen molar-refractivity contribution in [1.82, 2.24) is 0 Å². The molecule has 0 aliphatic carbocycles. The zero-order chi connectivity index (χ0) is 12.3. The molecule has 16 heavy (non-hydrogen) atoms. The van der Waals surface area contributed by atoms with Crippen molar-refractivity contribution in [2.75, 3.05) is 0 Å².